The van der Waals surface area contributed by atoms with Crippen molar-refractivity contribution in [2.75, 3.05) is 13.2 Å². The Bertz CT molecular complexity index is 464. The van der Waals surface area contributed by atoms with E-state index in [1.165, 1.54) is 6.20 Å². The third-order valence-corrected chi connectivity index (χ3v) is 4.36. The molecule has 3 N–H and O–H groups in total. The van der Waals surface area contributed by atoms with Gasteiger partial charge in [-0.25, -0.2) is 18.1 Å². The number of sulfonamides is 1. The number of aromatic nitrogens is 2. The van der Waals surface area contributed by atoms with Crippen molar-refractivity contribution in [3.8, 4) is 0 Å². The van der Waals surface area contributed by atoms with Crippen LogP contribution in [-0.2, 0) is 16.4 Å². The fourth-order valence-electron chi connectivity index (χ4n) is 1.90. The van der Waals surface area contributed by atoms with Crippen LogP contribution in [0.2, 0.25) is 0 Å². The minimum Gasteiger partial charge on any atom is -0.396 e. The smallest absolute Gasteiger partial charge is 0.257 e. The number of imidazole rings is 1. The maximum absolute atomic E-state index is 12.0. The Morgan fingerprint density at radius 2 is 2.16 bits per heavy atom. The quantitative estimate of drug-likeness (QED) is 0.633. The summed E-state index contributed by atoms with van der Waals surface area (Å²) in [5.74, 6) is 0.819. The van der Waals surface area contributed by atoms with Crippen molar-refractivity contribution < 1.29 is 13.5 Å². The van der Waals surface area contributed by atoms with Crippen molar-refractivity contribution in [3.05, 3.63) is 12.0 Å². The Morgan fingerprint density at radius 3 is 2.68 bits per heavy atom. The first-order valence-electron chi connectivity index (χ1n) is 6.67. The number of nitrogens with one attached hydrogen (secondary N) is 2. The van der Waals surface area contributed by atoms with Gasteiger partial charge in [0.1, 0.15) is 5.82 Å². The highest BCUT2D eigenvalue weighted by molar-refractivity contribution is 7.89. The number of aryl methyl sites for hydroxylation is 1. The molecule has 0 aromatic carbocycles. The zero-order valence-electron chi connectivity index (χ0n) is 11.5. The molecular formula is C12H23N3O3S. The number of nitrogens with zero attached hydrogens (tertiary/aromatic N) is 1. The molecule has 0 fully saturated rings. The molecule has 0 radical (unpaired) electrons. The van der Waals surface area contributed by atoms with Crippen LogP contribution in [0.5, 0.6) is 0 Å². The first kappa shape index (κ1) is 16.1. The predicted octanol–water partition coefficient (Wildman–Crippen LogP) is 1.05. The molecule has 0 aliphatic heterocycles. The standard InChI is InChI=1S/C12H23N3O3S/c1-3-5-10(6-7-16)8-14-19(17,18)12-9-13-11(4-2)15-12/h9-10,14,16H,3-8H2,1-2H3,(H,13,15). The van der Waals surface area contributed by atoms with Gasteiger partial charge in [-0.05, 0) is 18.8 Å². The van der Waals surface area contributed by atoms with E-state index >= 15 is 0 Å². The Kier molecular flexibility index (Phi) is 6.47. The van der Waals surface area contributed by atoms with Crippen LogP contribution in [0.25, 0.3) is 0 Å². The first-order chi connectivity index (χ1) is 9.03. The molecule has 7 heteroatoms. The van der Waals surface area contributed by atoms with Gasteiger partial charge in [0.05, 0.1) is 6.20 Å². The maximum atomic E-state index is 12.0. The molecule has 0 saturated heterocycles. The molecule has 6 nitrogen and oxygen atoms in total. The number of aromatic amines is 1. The molecule has 0 spiro atoms. The van der Waals surface area contributed by atoms with Crippen molar-refractivity contribution in [1.29, 1.82) is 0 Å². The summed E-state index contributed by atoms with van der Waals surface area (Å²) in [6.45, 7) is 4.37. The second-order valence-electron chi connectivity index (χ2n) is 4.57. The van der Waals surface area contributed by atoms with Gasteiger partial charge in [0.25, 0.3) is 10.0 Å². The van der Waals surface area contributed by atoms with Crippen molar-refractivity contribution in [3.63, 3.8) is 0 Å². The zero-order chi connectivity index (χ0) is 14.3. The maximum Gasteiger partial charge on any atom is 0.257 e. The van der Waals surface area contributed by atoms with Crippen molar-refractivity contribution >= 4 is 10.0 Å². The molecule has 1 unspecified atom stereocenters. The molecule has 0 saturated carbocycles. The number of H-pyrrole nitrogens is 1. The lowest BCUT2D eigenvalue weighted by molar-refractivity contribution is 0.251. The number of hydrogen-bond acceptors (Lipinski definition) is 4. The molecule has 1 heterocycles. The largest absolute Gasteiger partial charge is 0.396 e. The average molecular weight is 289 g/mol. The lowest BCUT2D eigenvalue weighted by atomic mass is 10.0. The van der Waals surface area contributed by atoms with E-state index in [4.69, 9.17) is 5.11 Å². The van der Waals surface area contributed by atoms with E-state index in [-0.39, 0.29) is 17.6 Å². The normalized spacial score (nSPS) is 13.6. The van der Waals surface area contributed by atoms with Gasteiger partial charge in [-0.1, -0.05) is 20.3 Å². The number of aliphatic hydroxyl groups is 1. The van der Waals surface area contributed by atoms with Crippen molar-refractivity contribution in [2.24, 2.45) is 5.92 Å². The molecule has 0 bridgehead atoms. The SMILES string of the molecule is CCCC(CCO)CNS(=O)(=O)c1cnc(CC)[nH]1. The van der Waals surface area contributed by atoms with Gasteiger partial charge in [-0.2, -0.15) is 0 Å². The summed E-state index contributed by atoms with van der Waals surface area (Å²) in [6, 6.07) is 0. The minimum absolute atomic E-state index is 0.0798. The fourth-order valence-corrected chi connectivity index (χ4v) is 2.96. The van der Waals surface area contributed by atoms with E-state index in [1.807, 2.05) is 13.8 Å². The van der Waals surface area contributed by atoms with Crippen LogP contribution >= 0.6 is 0 Å². The summed E-state index contributed by atoms with van der Waals surface area (Å²) in [6.07, 6.45) is 4.47. The molecule has 1 aromatic rings. The van der Waals surface area contributed by atoms with Crippen molar-refractivity contribution in [2.45, 2.75) is 44.6 Å². The molecule has 0 amide bonds. The Balaban J connectivity index is 2.63. The summed E-state index contributed by atoms with van der Waals surface area (Å²) in [7, 11) is -3.53. The van der Waals surface area contributed by atoms with E-state index in [0.29, 0.717) is 25.2 Å². The molecule has 1 aromatic heterocycles. The third kappa shape index (κ3) is 4.93. The van der Waals surface area contributed by atoms with Gasteiger partial charge in [0, 0.05) is 19.6 Å². The van der Waals surface area contributed by atoms with E-state index in [9.17, 15) is 8.42 Å². The van der Waals surface area contributed by atoms with E-state index < -0.39 is 10.0 Å². The molecule has 1 atom stereocenters. The Morgan fingerprint density at radius 1 is 1.42 bits per heavy atom. The molecule has 1 rings (SSSR count). The van der Waals surface area contributed by atoms with Gasteiger partial charge in [-0.15, -0.1) is 0 Å². The summed E-state index contributed by atoms with van der Waals surface area (Å²) < 4.78 is 26.6. The van der Waals surface area contributed by atoms with Crippen LogP contribution in [0, 0.1) is 5.92 Å². The summed E-state index contributed by atoms with van der Waals surface area (Å²) in [5, 5.41) is 9.05. The summed E-state index contributed by atoms with van der Waals surface area (Å²) >= 11 is 0. The molecule has 0 aliphatic rings. The van der Waals surface area contributed by atoms with Crippen LogP contribution in [0.1, 0.15) is 38.9 Å². The second-order valence-corrected chi connectivity index (χ2v) is 6.30. The lowest BCUT2D eigenvalue weighted by Crippen LogP contribution is -2.30. The van der Waals surface area contributed by atoms with Crippen LogP contribution in [0.3, 0.4) is 0 Å². The molecule has 0 aliphatic carbocycles. The zero-order valence-corrected chi connectivity index (χ0v) is 12.3. The van der Waals surface area contributed by atoms with Gasteiger partial charge in [-0.3, -0.25) is 0 Å². The van der Waals surface area contributed by atoms with E-state index in [1.54, 1.807) is 0 Å². The number of hydrogen-bond donors (Lipinski definition) is 3. The van der Waals surface area contributed by atoms with E-state index in [0.717, 1.165) is 12.8 Å². The average Bonchev–Trinajstić information content (AvgIpc) is 2.86. The first-order valence-corrected chi connectivity index (χ1v) is 8.16. The van der Waals surface area contributed by atoms with Crippen LogP contribution in [0.15, 0.2) is 11.2 Å². The van der Waals surface area contributed by atoms with Crippen LogP contribution in [0.4, 0.5) is 0 Å². The summed E-state index contributed by atoms with van der Waals surface area (Å²) in [5.41, 5.74) is 0. The lowest BCUT2D eigenvalue weighted by Gasteiger charge is -2.15. The Labute approximate surface area is 114 Å². The molecule has 19 heavy (non-hydrogen) atoms. The fraction of sp³-hybridized carbons (Fsp3) is 0.750. The number of aliphatic hydroxyl groups excluding tert-OH is 1. The summed E-state index contributed by atoms with van der Waals surface area (Å²) in [4.78, 5) is 6.77. The third-order valence-electron chi connectivity index (χ3n) is 3.03. The predicted molar refractivity (Wildman–Crippen MR) is 73.3 cm³/mol. The van der Waals surface area contributed by atoms with Crippen LogP contribution in [-0.4, -0.2) is 36.6 Å². The van der Waals surface area contributed by atoms with Gasteiger partial charge in [0.15, 0.2) is 5.03 Å². The van der Waals surface area contributed by atoms with E-state index in [2.05, 4.69) is 14.7 Å². The second kappa shape index (κ2) is 7.62. The molecular weight excluding hydrogens is 266 g/mol. The highest BCUT2D eigenvalue weighted by Gasteiger charge is 2.18. The topological polar surface area (TPSA) is 95.1 Å². The van der Waals surface area contributed by atoms with Gasteiger partial charge >= 0.3 is 0 Å². The highest BCUT2D eigenvalue weighted by Crippen LogP contribution is 2.12. The van der Waals surface area contributed by atoms with Gasteiger partial charge in [0.2, 0.25) is 0 Å². The number of rotatable bonds is 9. The minimum atomic E-state index is -3.53. The van der Waals surface area contributed by atoms with Gasteiger partial charge < -0.3 is 10.1 Å². The Hall–Kier alpha value is -0.920. The molecule has 110 valence electrons. The highest BCUT2D eigenvalue weighted by atomic mass is 32.2. The van der Waals surface area contributed by atoms with Crippen molar-refractivity contribution in [1.82, 2.24) is 14.7 Å². The van der Waals surface area contributed by atoms with Crippen LogP contribution < -0.4 is 4.72 Å². The monoisotopic (exact) mass is 289 g/mol.